The molecule has 46 heavy (non-hydrogen) atoms. The molecule has 1 fully saturated rings. The molecule has 2 N–H and O–H groups in total. The van der Waals surface area contributed by atoms with Crippen molar-refractivity contribution in [1.82, 2.24) is 29.5 Å². The number of hydrogen-bond acceptors (Lipinski definition) is 12. The van der Waals surface area contributed by atoms with Crippen LogP contribution in [0.25, 0.3) is 5.65 Å². The van der Waals surface area contributed by atoms with Gasteiger partial charge in [-0.1, -0.05) is 0 Å². The number of aliphatic hydroxyl groups excluding tert-OH is 1. The van der Waals surface area contributed by atoms with Crippen molar-refractivity contribution in [1.29, 1.82) is 0 Å². The van der Waals surface area contributed by atoms with Crippen LogP contribution in [0.15, 0.2) is 41.3 Å². The molecule has 0 aliphatic carbocycles. The molecule has 1 atom stereocenters. The Morgan fingerprint density at radius 3 is 2.39 bits per heavy atom. The van der Waals surface area contributed by atoms with Gasteiger partial charge >= 0.3 is 18.2 Å². The van der Waals surface area contributed by atoms with Gasteiger partial charge in [0.2, 0.25) is 0 Å². The summed E-state index contributed by atoms with van der Waals surface area (Å²) in [5.74, 6) is 1.34. The number of imidazole rings is 1. The molecule has 5 rings (SSSR count). The third kappa shape index (κ3) is 7.83. The van der Waals surface area contributed by atoms with Gasteiger partial charge in [-0.2, -0.15) is 4.98 Å². The summed E-state index contributed by atoms with van der Waals surface area (Å²) in [5.41, 5.74) is 0.530. The number of anilines is 2. The maximum absolute atomic E-state index is 12.6. The molecule has 1 unspecified atom stereocenters. The Morgan fingerprint density at radius 1 is 1.04 bits per heavy atom. The van der Waals surface area contributed by atoms with Crippen LogP contribution in [0.2, 0.25) is 0 Å². The Kier molecular flexibility index (Phi) is 9.06. The molecule has 246 valence electrons. The quantitative estimate of drug-likeness (QED) is 0.292. The molecule has 0 aromatic carbocycles. The summed E-state index contributed by atoms with van der Waals surface area (Å²) >= 11 is 0. The van der Waals surface area contributed by atoms with Crippen molar-refractivity contribution in [2.24, 2.45) is 0 Å². The summed E-state index contributed by atoms with van der Waals surface area (Å²) in [6.07, 6.45) is 2.32. The maximum Gasteiger partial charge on any atom is 0.413 e. The van der Waals surface area contributed by atoms with Crippen LogP contribution in [0.3, 0.4) is 0 Å². The molecule has 4 aromatic heterocycles. The van der Waals surface area contributed by atoms with Crippen molar-refractivity contribution >= 4 is 29.5 Å². The average molecular weight is 637 g/mol. The second-order valence-corrected chi connectivity index (χ2v) is 12.9. The maximum atomic E-state index is 12.6. The molecule has 2 amide bonds. The largest absolute Gasteiger partial charge is 0.466 e. The Balaban J connectivity index is 1.37. The highest BCUT2D eigenvalue weighted by molar-refractivity contribution is 5.88. The lowest BCUT2D eigenvalue weighted by Gasteiger charge is -2.36. The minimum atomic E-state index is -1.18. The SMILES string of the molecule is Cc1cc(C(O)c2cnc3c(NC(=O)OC(C)(C)C)nc(OCc4ccco4)nn23)cnc1N1CCN(C(=O)OC(C)(C)C)CC1. The van der Waals surface area contributed by atoms with Gasteiger partial charge in [-0.25, -0.2) is 24.1 Å². The van der Waals surface area contributed by atoms with E-state index in [0.29, 0.717) is 43.2 Å². The average Bonchev–Trinajstić information content (AvgIpc) is 3.64. The number of rotatable bonds is 7. The molecule has 0 saturated carbocycles. The van der Waals surface area contributed by atoms with E-state index in [1.807, 2.05) is 33.8 Å². The van der Waals surface area contributed by atoms with Crippen molar-refractivity contribution in [3.8, 4) is 6.01 Å². The van der Waals surface area contributed by atoms with Crippen LogP contribution >= 0.6 is 0 Å². The fourth-order valence-corrected chi connectivity index (χ4v) is 4.81. The summed E-state index contributed by atoms with van der Waals surface area (Å²) in [6, 6.07) is 5.23. The molecule has 0 spiro atoms. The van der Waals surface area contributed by atoms with Gasteiger partial charge < -0.3 is 33.5 Å². The molecular weight excluding hydrogens is 596 g/mol. The van der Waals surface area contributed by atoms with Gasteiger partial charge in [0.05, 0.1) is 18.2 Å². The number of nitrogens with one attached hydrogen (secondary N) is 1. The number of amides is 2. The van der Waals surface area contributed by atoms with E-state index >= 15 is 0 Å². The fourth-order valence-electron chi connectivity index (χ4n) is 4.81. The van der Waals surface area contributed by atoms with E-state index < -0.39 is 23.4 Å². The number of pyridine rings is 1. The zero-order chi connectivity index (χ0) is 33.2. The van der Waals surface area contributed by atoms with Gasteiger partial charge in [0, 0.05) is 37.9 Å². The lowest BCUT2D eigenvalue weighted by atomic mass is 10.1. The first kappa shape index (κ1) is 32.5. The van der Waals surface area contributed by atoms with Crippen LogP contribution in [0.4, 0.5) is 21.2 Å². The predicted molar refractivity (Wildman–Crippen MR) is 167 cm³/mol. The summed E-state index contributed by atoms with van der Waals surface area (Å²) in [4.78, 5) is 42.3. The number of ether oxygens (including phenoxy) is 3. The minimum Gasteiger partial charge on any atom is -0.466 e. The number of aliphatic hydroxyl groups is 1. The standard InChI is InChI=1S/C31H40N8O7/c1-19-15-20(16-32-25(19)37-10-12-38(13-11-37)29(42)46-31(5,6)7)23(40)22-17-33-26-24(35-28(41)45-30(2,3)4)34-27(36-39(22)26)44-18-21-9-8-14-43-21/h8-9,14-17,23,40H,10-13,18H2,1-7H3,(H,34,35,36,41). The fraction of sp³-hybridized carbons (Fsp3) is 0.484. The molecule has 5 heterocycles. The number of carbonyl (C=O) groups excluding carboxylic acids is 2. The van der Waals surface area contributed by atoms with Crippen LogP contribution in [-0.4, -0.2) is 84.1 Å². The molecule has 4 aromatic rings. The number of carbonyl (C=O) groups is 2. The number of furan rings is 1. The first-order valence-electron chi connectivity index (χ1n) is 15.0. The van der Waals surface area contributed by atoms with Crippen LogP contribution in [0, 0.1) is 6.92 Å². The van der Waals surface area contributed by atoms with Gasteiger partial charge in [-0.05, 0) is 72.2 Å². The number of nitrogens with zero attached hydrogens (tertiary/aromatic N) is 7. The second kappa shape index (κ2) is 12.8. The molecular formula is C31H40N8O7. The van der Waals surface area contributed by atoms with Crippen molar-refractivity contribution < 1.29 is 33.3 Å². The van der Waals surface area contributed by atoms with Gasteiger partial charge in [-0.15, -0.1) is 5.10 Å². The Morgan fingerprint density at radius 2 is 1.76 bits per heavy atom. The summed E-state index contributed by atoms with van der Waals surface area (Å²) in [7, 11) is 0. The highest BCUT2D eigenvalue weighted by atomic mass is 16.6. The number of aryl methyl sites for hydroxylation is 1. The molecule has 1 aliphatic heterocycles. The number of hydrogen-bond donors (Lipinski definition) is 2. The molecule has 1 saturated heterocycles. The van der Waals surface area contributed by atoms with E-state index in [4.69, 9.17) is 18.6 Å². The molecule has 0 bridgehead atoms. The Hall–Kier alpha value is -4.92. The van der Waals surface area contributed by atoms with E-state index in [-0.39, 0.29) is 30.2 Å². The van der Waals surface area contributed by atoms with E-state index in [1.165, 1.54) is 17.0 Å². The zero-order valence-electron chi connectivity index (χ0n) is 27.1. The van der Waals surface area contributed by atoms with E-state index in [1.54, 1.807) is 44.0 Å². The molecule has 15 heteroatoms. The van der Waals surface area contributed by atoms with E-state index in [2.05, 4.69) is 30.3 Å². The zero-order valence-corrected chi connectivity index (χ0v) is 27.1. The number of fused-ring (bicyclic) bond motifs is 1. The van der Waals surface area contributed by atoms with Gasteiger partial charge in [-0.3, -0.25) is 5.32 Å². The van der Waals surface area contributed by atoms with Gasteiger partial charge in [0.15, 0.2) is 11.5 Å². The number of aromatic nitrogens is 5. The first-order valence-corrected chi connectivity index (χ1v) is 15.0. The van der Waals surface area contributed by atoms with Crippen LogP contribution < -0.4 is 15.0 Å². The van der Waals surface area contributed by atoms with Crippen LogP contribution in [0.5, 0.6) is 6.01 Å². The van der Waals surface area contributed by atoms with Crippen LogP contribution in [0.1, 0.15) is 70.2 Å². The second-order valence-electron chi connectivity index (χ2n) is 12.9. The normalized spacial score (nSPS) is 14.7. The third-order valence-corrected chi connectivity index (χ3v) is 6.81. The van der Waals surface area contributed by atoms with Crippen molar-refractivity contribution in [3.63, 3.8) is 0 Å². The molecule has 15 nitrogen and oxygen atoms in total. The van der Waals surface area contributed by atoms with Gasteiger partial charge in [0.25, 0.3) is 0 Å². The monoisotopic (exact) mass is 636 g/mol. The lowest BCUT2D eigenvalue weighted by Crippen LogP contribution is -2.50. The first-order chi connectivity index (χ1) is 21.7. The number of piperazine rings is 1. The third-order valence-electron chi connectivity index (χ3n) is 6.81. The smallest absolute Gasteiger partial charge is 0.413 e. The highest BCUT2D eigenvalue weighted by Crippen LogP contribution is 2.29. The highest BCUT2D eigenvalue weighted by Gasteiger charge is 2.28. The van der Waals surface area contributed by atoms with E-state index in [0.717, 1.165) is 11.4 Å². The predicted octanol–water partition coefficient (Wildman–Crippen LogP) is 4.49. The van der Waals surface area contributed by atoms with Crippen molar-refractivity contribution in [3.05, 3.63) is 59.4 Å². The van der Waals surface area contributed by atoms with E-state index in [9.17, 15) is 14.7 Å². The van der Waals surface area contributed by atoms with Gasteiger partial charge in [0.1, 0.15) is 35.5 Å². The molecule has 0 radical (unpaired) electrons. The van der Waals surface area contributed by atoms with Crippen LogP contribution in [-0.2, 0) is 16.1 Å². The summed E-state index contributed by atoms with van der Waals surface area (Å²) < 4.78 is 23.3. The minimum absolute atomic E-state index is 0.0346. The summed E-state index contributed by atoms with van der Waals surface area (Å²) in [5, 5.41) is 18.5. The molecule has 1 aliphatic rings. The van der Waals surface area contributed by atoms with Crippen molar-refractivity contribution in [2.45, 2.75) is 72.4 Å². The lowest BCUT2D eigenvalue weighted by molar-refractivity contribution is 0.0240. The van der Waals surface area contributed by atoms with Crippen molar-refractivity contribution in [2.75, 3.05) is 36.4 Å². The Bertz CT molecular complexity index is 1680. The summed E-state index contributed by atoms with van der Waals surface area (Å²) in [6.45, 7) is 14.9. The topological polar surface area (TPSA) is 170 Å². The Labute approximate surface area is 266 Å².